The second-order valence-corrected chi connectivity index (χ2v) is 3.06. The number of rotatable bonds is 2. The van der Waals surface area contributed by atoms with E-state index in [4.69, 9.17) is 10.00 Å². The second-order valence-electron chi connectivity index (χ2n) is 3.06. The molecule has 0 aliphatic heterocycles. The van der Waals surface area contributed by atoms with Crippen LogP contribution < -0.4 is 4.74 Å². The Bertz CT molecular complexity index is 339. The van der Waals surface area contributed by atoms with Gasteiger partial charge in [-0.3, -0.25) is 0 Å². The summed E-state index contributed by atoms with van der Waals surface area (Å²) in [5, 5.41) is 8.58. The summed E-state index contributed by atoms with van der Waals surface area (Å²) >= 11 is 0. The summed E-state index contributed by atoms with van der Waals surface area (Å²) in [4.78, 5) is 4.06. The molecule has 3 nitrogen and oxygen atoms in total. The molecule has 0 radical (unpaired) electrons. The molecule has 0 unspecified atom stereocenters. The highest BCUT2D eigenvalue weighted by atomic mass is 16.5. The van der Waals surface area contributed by atoms with Crippen LogP contribution in [0, 0.1) is 18.3 Å². The van der Waals surface area contributed by atoms with E-state index in [1.54, 1.807) is 12.1 Å². The van der Waals surface area contributed by atoms with E-state index < -0.39 is 0 Å². The number of aromatic nitrogens is 1. The molecular weight excluding hydrogens is 164 g/mol. The van der Waals surface area contributed by atoms with Crippen molar-refractivity contribution in [2.75, 3.05) is 0 Å². The minimum Gasteiger partial charge on any atom is -0.489 e. The molecule has 0 aromatic carbocycles. The maximum Gasteiger partial charge on any atom is 0.141 e. The van der Waals surface area contributed by atoms with Gasteiger partial charge >= 0.3 is 0 Å². The van der Waals surface area contributed by atoms with Crippen LogP contribution in [0.3, 0.4) is 0 Å². The van der Waals surface area contributed by atoms with Gasteiger partial charge in [0, 0.05) is 0 Å². The van der Waals surface area contributed by atoms with E-state index in [9.17, 15) is 0 Å². The van der Waals surface area contributed by atoms with Crippen LogP contribution in [0.15, 0.2) is 12.1 Å². The zero-order valence-corrected chi connectivity index (χ0v) is 8.03. The molecule has 68 valence electrons. The summed E-state index contributed by atoms with van der Waals surface area (Å²) in [7, 11) is 0. The summed E-state index contributed by atoms with van der Waals surface area (Å²) in [5.41, 5.74) is 1.18. The van der Waals surface area contributed by atoms with Crippen LogP contribution in [0.5, 0.6) is 5.75 Å². The molecule has 0 spiro atoms. The molecule has 0 aliphatic rings. The predicted molar refractivity (Wildman–Crippen MR) is 49.5 cm³/mol. The van der Waals surface area contributed by atoms with Gasteiger partial charge in [0.25, 0.3) is 0 Å². The van der Waals surface area contributed by atoms with E-state index in [1.807, 2.05) is 26.8 Å². The van der Waals surface area contributed by atoms with E-state index in [-0.39, 0.29) is 6.10 Å². The number of ether oxygens (including phenoxy) is 1. The van der Waals surface area contributed by atoms with E-state index in [0.29, 0.717) is 5.69 Å². The molecule has 0 fully saturated rings. The van der Waals surface area contributed by atoms with Gasteiger partial charge in [0.1, 0.15) is 17.5 Å². The van der Waals surface area contributed by atoms with Gasteiger partial charge in [-0.05, 0) is 32.9 Å². The molecule has 0 amide bonds. The third-order valence-electron chi connectivity index (χ3n) is 1.51. The normalized spacial score (nSPS) is 9.77. The topological polar surface area (TPSA) is 45.9 Å². The monoisotopic (exact) mass is 176 g/mol. The lowest BCUT2D eigenvalue weighted by atomic mass is 10.3. The Morgan fingerprint density at radius 3 is 2.62 bits per heavy atom. The van der Waals surface area contributed by atoms with Crippen LogP contribution in [-0.4, -0.2) is 11.1 Å². The Morgan fingerprint density at radius 2 is 2.15 bits per heavy atom. The molecule has 0 bridgehead atoms. The molecule has 0 atom stereocenters. The Labute approximate surface area is 78.0 Å². The lowest BCUT2D eigenvalue weighted by Crippen LogP contribution is -2.07. The molecule has 1 rings (SSSR count). The van der Waals surface area contributed by atoms with Gasteiger partial charge < -0.3 is 4.74 Å². The second kappa shape index (κ2) is 3.90. The van der Waals surface area contributed by atoms with Gasteiger partial charge in [-0.25, -0.2) is 4.98 Å². The lowest BCUT2D eigenvalue weighted by Gasteiger charge is -2.11. The minimum atomic E-state index is 0.133. The first-order valence-corrected chi connectivity index (χ1v) is 4.18. The van der Waals surface area contributed by atoms with Gasteiger partial charge in [-0.2, -0.15) is 5.26 Å². The quantitative estimate of drug-likeness (QED) is 0.692. The molecular formula is C10H12N2O. The molecule has 1 aromatic rings. The number of nitrogens with zero attached hydrogens (tertiary/aromatic N) is 2. The van der Waals surface area contributed by atoms with Gasteiger partial charge in [0.05, 0.1) is 11.8 Å². The van der Waals surface area contributed by atoms with Crippen molar-refractivity contribution in [1.82, 2.24) is 4.98 Å². The van der Waals surface area contributed by atoms with E-state index in [1.165, 1.54) is 0 Å². The van der Waals surface area contributed by atoms with Gasteiger partial charge in [0.2, 0.25) is 0 Å². The molecule has 13 heavy (non-hydrogen) atoms. The maximum atomic E-state index is 8.58. The van der Waals surface area contributed by atoms with Crippen LogP contribution in [0.25, 0.3) is 0 Å². The Kier molecular flexibility index (Phi) is 2.86. The first kappa shape index (κ1) is 9.53. The van der Waals surface area contributed by atoms with Crippen LogP contribution in [0.4, 0.5) is 0 Å². The highest BCUT2D eigenvalue weighted by molar-refractivity contribution is 5.32. The number of aryl methyl sites for hydroxylation is 1. The molecule has 1 aromatic heterocycles. The van der Waals surface area contributed by atoms with Crippen molar-refractivity contribution in [2.24, 2.45) is 0 Å². The number of pyridine rings is 1. The Hall–Kier alpha value is -1.56. The smallest absolute Gasteiger partial charge is 0.141 e. The van der Waals surface area contributed by atoms with Crippen molar-refractivity contribution in [3.8, 4) is 11.8 Å². The highest BCUT2D eigenvalue weighted by Crippen LogP contribution is 2.16. The minimum absolute atomic E-state index is 0.133. The summed E-state index contributed by atoms with van der Waals surface area (Å²) in [6.45, 7) is 5.74. The van der Waals surface area contributed by atoms with E-state index >= 15 is 0 Å². The Balaban J connectivity index is 2.93. The standard InChI is InChI=1S/C10H12N2O/c1-7(2)13-10-5-4-9(6-11)12-8(10)3/h4-5,7H,1-3H3. The first-order chi connectivity index (χ1) is 6.13. The predicted octanol–water partition coefficient (Wildman–Crippen LogP) is 2.05. The zero-order valence-electron chi connectivity index (χ0n) is 8.03. The Morgan fingerprint density at radius 1 is 1.46 bits per heavy atom. The average molecular weight is 176 g/mol. The number of hydrogen-bond acceptors (Lipinski definition) is 3. The van der Waals surface area contributed by atoms with Crippen molar-refractivity contribution < 1.29 is 4.74 Å². The van der Waals surface area contributed by atoms with Crippen molar-refractivity contribution in [3.05, 3.63) is 23.5 Å². The first-order valence-electron chi connectivity index (χ1n) is 4.18. The van der Waals surface area contributed by atoms with Crippen molar-refractivity contribution in [3.63, 3.8) is 0 Å². The fourth-order valence-electron chi connectivity index (χ4n) is 0.989. The SMILES string of the molecule is Cc1nc(C#N)ccc1OC(C)C. The molecule has 0 saturated carbocycles. The van der Waals surface area contributed by atoms with E-state index in [2.05, 4.69) is 4.98 Å². The molecule has 1 heterocycles. The van der Waals surface area contributed by atoms with Gasteiger partial charge in [-0.15, -0.1) is 0 Å². The van der Waals surface area contributed by atoms with Crippen LogP contribution in [-0.2, 0) is 0 Å². The van der Waals surface area contributed by atoms with Gasteiger partial charge in [-0.1, -0.05) is 0 Å². The number of nitriles is 1. The summed E-state index contributed by atoms with van der Waals surface area (Å²) in [6, 6.07) is 5.42. The molecule has 0 aliphatic carbocycles. The van der Waals surface area contributed by atoms with Crippen LogP contribution in [0.1, 0.15) is 25.2 Å². The van der Waals surface area contributed by atoms with Crippen molar-refractivity contribution >= 4 is 0 Å². The zero-order chi connectivity index (χ0) is 9.84. The average Bonchev–Trinajstić information content (AvgIpc) is 2.08. The third kappa shape index (κ3) is 2.45. The molecule has 0 N–H and O–H groups in total. The molecule has 3 heteroatoms. The maximum absolute atomic E-state index is 8.58. The summed E-state index contributed by atoms with van der Waals surface area (Å²) in [6.07, 6.45) is 0.133. The number of hydrogen-bond donors (Lipinski definition) is 0. The fraction of sp³-hybridized carbons (Fsp3) is 0.400. The highest BCUT2D eigenvalue weighted by Gasteiger charge is 2.03. The third-order valence-corrected chi connectivity index (χ3v) is 1.51. The summed E-state index contributed by atoms with van der Waals surface area (Å²) < 4.78 is 5.47. The van der Waals surface area contributed by atoms with Crippen LogP contribution >= 0.6 is 0 Å². The fourth-order valence-corrected chi connectivity index (χ4v) is 0.989. The van der Waals surface area contributed by atoms with Gasteiger partial charge in [0.15, 0.2) is 0 Å². The lowest BCUT2D eigenvalue weighted by molar-refractivity contribution is 0.239. The van der Waals surface area contributed by atoms with Crippen LogP contribution in [0.2, 0.25) is 0 Å². The molecule has 0 saturated heterocycles. The van der Waals surface area contributed by atoms with E-state index in [0.717, 1.165) is 11.4 Å². The largest absolute Gasteiger partial charge is 0.489 e. The van der Waals surface area contributed by atoms with Crippen molar-refractivity contribution in [2.45, 2.75) is 26.9 Å². The van der Waals surface area contributed by atoms with Crippen molar-refractivity contribution in [1.29, 1.82) is 5.26 Å². The summed E-state index contributed by atoms with van der Waals surface area (Å²) in [5.74, 6) is 0.744.